The molecule has 0 heterocycles. The van der Waals surface area contributed by atoms with Crippen molar-refractivity contribution in [3.8, 4) is 5.75 Å². The first kappa shape index (κ1) is 14.8. The van der Waals surface area contributed by atoms with Crippen molar-refractivity contribution in [3.63, 3.8) is 0 Å². The number of ether oxygens (including phenoxy) is 1. The van der Waals surface area contributed by atoms with E-state index in [9.17, 15) is 9.18 Å². The minimum atomic E-state index is -0.752. The maximum Gasteiger partial charge on any atom is 0.343 e. The fraction of sp³-hybridized carbons (Fsp3) is 0.364. The summed E-state index contributed by atoms with van der Waals surface area (Å²) in [4.78, 5) is 11.5. The standard InChI is InChI=1S/C11H15FN4O3/c1-7(17)6-19-10-5-8(12)3-4-9(10)16(15-13)11(18)14-2/h3-5,7,13,17H,6H2,1-2H3,(H,14,18). The highest BCUT2D eigenvalue weighted by atomic mass is 19.1. The molecule has 104 valence electrons. The average molecular weight is 270 g/mol. The quantitative estimate of drug-likeness (QED) is 0.560. The third kappa shape index (κ3) is 3.88. The summed E-state index contributed by atoms with van der Waals surface area (Å²) in [6.45, 7) is 1.43. The van der Waals surface area contributed by atoms with Crippen LogP contribution in [0.5, 0.6) is 5.75 Å². The van der Waals surface area contributed by atoms with Crippen LogP contribution in [0.25, 0.3) is 0 Å². The molecule has 0 aliphatic carbocycles. The number of urea groups is 1. The lowest BCUT2D eigenvalue weighted by atomic mass is 10.2. The van der Waals surface area contributed by atoms with Crippen molar-refractivity contribution in [2.45, 2.75) is 13.0 Å². The van der Waals surface area contributed by atoms with E-state index >= 15 is 0 Å². The maximum atomic E-state index is 13.2. The number of aliphatic hydroxyl groups excluding tert-OH is 1. The number of carbonyl (C=O) groups is 1. The van der Waals surface area contributed by atoms with Crippen LogP contribution in [0, 0.1) is 11.3 Å². The van der Waals surface area contributed by atoms with Gasteiger partial charge in [0.05, 0.1) is 6.10 Å². The summed E-state index contributed by atoms with van der Waals surface area (Å²) in [5.41, 5.74) is 7.10. The van der Waals surface area contributed by atoms with Crippen LogP contribution in [-0.2, 0) is 0 Å². The number of nitrogens with zero attached hydrogens (tertiary/aromatic N) is 2. The van der Waals surface area contributed by atoms with Crippen LogP contribution < -0.4 is 15.1 Å². The smallest absolute Gasteiger partial charge is 0.343 e. The van der Waals surface area contributed by atoms with Gasteiger partial charge in [-0.2, -0.15) is 10.5 Å². The van der Waals surface area contributed by atoms with Crippen LogP contribution in [-0.4, -0.2) is 30.9 Å². The van der Waals surface area contributed by atoms with Crippen LogP contribution >= 0.6 is 0 Å². The lowest BCUT2D eigenvalue weighted by molar-refractivity contribution is 0.123. The third-order valence-corrected chi connectivity index (χ3v) is 2.14. The van der Waals surface area contributed by atoms with Gasteiger partial charge in [0.1, 0.15) is 23.9 Å². The molecular formula is C11H15FN4O3. The fourth-order valence-corrected chi connectivity index (χ4v) is 1.30. The van der Waals surface area contributed by atoms with E-state index in [1.165, 1.54) is 20.0 Å². The Morgan fingerprint density at radius 2 is 2.37 bits per heavy atom. The second-order valence-corrected chi connectivity index (χ2v) is 3.74. The molecule has 7 nitrogen and oxygen atoms in total. The molecule has 0 spiro atoms. The van der Waals surface area contributed by atoms with Crippen molar-refractivity contribution in [2.75, 3.05) is 18.7 Å². The lowest BCUT2D eigenvalue weighted by Crippen LogP contribution is -2.34. The Bertz CT molecular complexity index is 467. The van der Waals surface area contributed by atoms with E-state index < -0.39 is 18.0 Å². The summed E-state index contributed by atoms with van der Waals surface area (Å²) in [6, 6.07) is 2.77. The second kappa shape index (κ2) is 6.64. The molecule has 0 saturated heterocycles. The topological polar surface area (TPSA) is 98.0 Å². The molecule has 0 fully saturated rings. The number of amides is 2. The summed E-state index contributed by atoms with van der Waals surface area (Å²) in [5, 5.41) is 15.2. The largest absolute Gasteiger partial charge is 0.489 e. The number of aliphatic hydroxyl groups is 1. The molecule has 1 aromatic rings. The van der Waals surface area contributed by atoms with Crippen LogP contribution in [0.2, 0.25) is 0 Å². The lowest BCUT2D eigenvalue weighted by Gasteiger charge is -2.18. The molecule has 2 amide bonds. The van der Waals surface area contributed by atoms with Crippen LogP contribution in [0.15, 0.2) is 23.4 Å². The van der Waals surface area contributed by atoms with Crippen molar-refractivity contribution in [2.24, 2.45) is 5.22 Å². The molecule has 0 bridgehead atoms. The van der Waals surface area contributed by atoms with E-state index in [2.05, 4.69) is 10.5 Å². The average Bonchev–Trinajstić information content (AvgIpc) is 2.38. The molecule has 1 atom stereocenters. The number of hydrogen-bond acceptors (Lipinski definition) is 5. The van der Waals surface area contributed by atoms with Crippen LogP contribution in [0.1, 0.15) is 6.92 Å². The molecule has 1 unspecified atom stereocenters. The summed E-state index contributed by atoms with van der Waals surface area (Å²) >= 11 is 0. The predicted molar refractivity (Wildman–Crippen MR) is 65.7 cm³/mol. The van der Waals surface area contributed by atoms with Gasteiger partial charge in [-0.15, -0.1) is 0 Å². The number of nitrogens with one attached hydrogen (secondary N) is 2. The third-order valence-electron chi connectivity index (χ3n) is 2.14. The Labute approximate surface area is 109 Å². The van der Waals surface area contributed by atoms with Crippen LogP contribution in [0.3, 0.4) is 0 Å². The predicted octanol–water partition coefficient (Wildman–Crippen LogP) is 1.68. The van der Waals surface area contributed by atoms with E-state index in [4.69, 9.17) is 15.4 Å². The van der Waals surface area contributed by atoms with Gasteiger partial charge in [-0.25, -0.2) is 9.18 Å². The highest BCUT2D eigenvalue weighted by Crippen LogP contribution is 2.29. The molecule has 1 aromatic carbocycles. The Kier molecular flexibility index (Phi) is 5.19. The second-order valence-electron chi connectivity index (χ2n) is 3.74. The summed E-state index contributed by atoms with van der Waals surface area (Å²) in [5.74, 6) is -0.549. The Balaban J connectivity index is 3.10. The molecule has 1 rings (SSSR count). The van der Waals surface area contributed by atoms with Gasteiger partial charge in [-0.1, -0.05) is 5.22 Å². The molecule has 8 heteroatoms. The minimum Gasteiger partial charge on any atom is -0.489 e. The normalized spacial score (nSPS) is 11.6. The molecule has 0 aliphatic heterocycles. The molecule has 0 radical (unpaired) electrons. The van der Waals surface area contributed by atoms with E-state index in [0.29, 0.717) is 0 Å². The zero-order valence-electron chi connectivity index (χ0n) is 10.6. The van der Waals surface area contributed by atoms with Crippen LogP contribution in [0.4, 0.5) is 14.9 Å². The Hall–Kier alpha value is -2.22. The van der Waals surface area contributed by atoms with Gasteiger partial charge >= 0.3 is 6.03 Å². The minimum absolute atomic E-state index is 0.0144. The van der Waals surface area contributed by atoms with Gasteiger partial charge in [0.2, 0.25) is 0 Å². The molecule has 0 aromatic heterocycles. The van der Waals surface area contributed by atoms with E-state index in [1.54, 1.807) is 0 Å². The maximum absolute atomic E-state index is 13.2. The van der Waals surface area contributed by atoms with Crippen molar-refractivity contribution >= 4 is 11.7 Å². The van der Waals surface area contributed by atoms with Gasteiger partial charge in [-0.05, 0) is 19.1 Å². The molecule has 0 aliphatic rings. The first-order valence-electron chi connectivity index (χ1n) is 5.49. The number of halogens is 1. The van der Waals surface area contributed by atoms with Gasteiger partial charge in [0.15, 0.2) is 0 Å². The summed E-state index contributed by atoms with van der Waals surface area (Å²) in [6.07, 6.45) is -0.752. The molecule has 3 N–H and O–H groups in total. The summed E-state index contributed by atoms with van der Waals surface area (Å²) in [7, 11) is 1.38. The monoisotopic (exact) mass is 270 g/mol. The highest BCUT2D eigenvalue weighted by Gasteiger charge is 2.19. The SMILES string of the molecule is CNC(=O)N(N=N)c1ccc(F)cc1OCC(C)O. The fourth-order valence-electron chi connectivity index (χ4n) is 1.30. The highest BCUT2D eigenvalue weighted by molar-refractivity contribution is 5.92. The van der Waals surface area contributed by atoms with Crippen molar-refractivity contribution in [3.05, 3.63) is 24.0 Å². The van der Waals surface area contributed by atoms with Crippen molar-refractivity contribution in [1.29, 1.82) is 5.53 Å². The zero-order chi connectivity index (χ0) is 14.4. The Morgan fingerprint density at radius 1 is 1.68 bits per heavy atom. The number of benzene rings is 1. The zero-order valence-corrected chi connectivity index (χ0v) is 10.6. The first-order chi connectivity index (χ1) is 8.99. The van der Waals surface area contributed by atoms with Gasteiger partial charge < -0.3 is 15.2 Å². The van der Waals surface area contributed by atoms with Crippen molar-refractivity contribution < 1.29 is 19.0 Å². The van der Waals surface area contributed by atoms with Gasteiger partial charge in [0.25, 0.3) is 0 Å². The Morgan fingerprint density at radius 3 is 2.89 bits per heavy atom. The number of anilines is 1. The molecule has 19 heavy (non-hydrogen) atoms. The van der Waals surface area contributed by atoms with E-state index in [1.807, 2.05) is 0 Å². The molecule has 0 saturated carbocycles. The number of rotatable bonds is 5. The van der Waals surface area contributed by atoms with Crippen molar-refractivity contribution in [1.82, 2.24) is 5.32 Å². The van der Waals surface area contributed by atoms with Gasteiger partial charge in [-0.3, -0.25) is 0 Å². The number of hydrogen-bond donors (Lipinski definition) is 3. The van der Waals surface area contributed by atoms with E-state index in [-0.39, 0.29) is 18.0 Å². The van der Waals surface area contributed by atoms with E-state index in [0.717, 1.165) is 17.1 Å². The summed E-state index contributed by atoms with van der Waals surface area (Å²) < 4.78 is 18.4. The molecular weight excluding hydrogens is 255 g/mol. The number of carbonyl (C=O) groups excluding carboxylic acids is 1. The first-order valence-corrected chi connectivity index (χ1v) is 5.49. The van der Waals surface area contributed by atoms with Gasteiger partial charge in [0, 0.05) is 13.1 Å².